The van der Waals surface area contributed by atoms with Crippen molar-refractivity contribution in [3.8, 4) is 0 Å². The summed E-state index contributed by atoms with van der Waals surface area (Å²) in [5.41, 5.74) is 1.43. The van der Waals surface area contributed by atoms with Gasteiger partial charge in [-0.2, -0.15) is 5.10 Å². The molecule has 2 N–H and O–H groups in total. The Morgan fingerprint density at radius 1 is 1.13 bits per heavy atom. The van der Waals surface area contributed by atoms with E-state index >= 15 is 0 Å². The number of anilines is 1. The fourth-order valence-electron chi connectivity index (χ4n) is 2.16. The second-order valence-electron chi connectivity index (χ2n) is 4.99. The van der Waals surface area contributed by atoms with Gasteiger partial charge in [-0.3, -0.25) is 4.98 Å². The topological polar surface area (TPSA) is 62.7 Å². The summed E-state index contributed by atoms with van der Waals surface area (Å²) in [5, 5.41) is 8.70. The molecule has 0 aliphatic heterocycles. The van der Waals surface area contributed by atoms with E-state index in [0.29, 0.717) is 29.0 Å². The first-order chi connectivity index (χ1) is 11.1. The Kier molecular flexibility index (Phi) is 4.69. The third-order valence-electron chi connectivity index (χ3n) is 3.29. The molecule has 1 heterocycles. The monoisotopic (exact) mass is 348 g/mol. The molecule has 0 saturated heterocycles. The molecule has 0 saturated carbocycles. The van der Waals surface area contributed by atoms with E-state index in [-0.39, 0.29) is 5.69 Å². The lowest BCUT2D eigenvalue weighted by Crippen LogP contribution is -2.18. The normalized spacial score (nSPS) is 10.7. The summed E-state index contributed by atoms with van der Waals surface area (Å²) in [4.78, 5) is 14.7. The van der Waals surface area contributed by atoms with Crippen molar-refractivity contribution in [2.75, 3.05) is 5.32 Å². The number of benzene rings is 2. The summed E-state index contributed by atoms with van der Waals surface area (Å²) in [7, 11) is 0. The Hall–Kier alpha value is -2.24. The molecule has 0 radical (unpaired) electrons. The Labute approximate surface area is 142 Å². The van der Waals surface area contributed by atoms with Crippen LogP contribution in [-0.4, -0.2) is 14.8 Å². The highest BCUT2D eigenvalue weighted by atomic mass is 35.5. The SMILES string of the molecule is O=c1[nH]c(CNc2cccc(Cl)c2)nn1Cc1ccccc1Cl. The van der Waals surface area contributed by atoms with E-state index < -0.39 is 0 Å². The van der Waals surface area contributed by atoms with Crippen LogP contribution >= 0.6 is 23.2 Å². The fourth-order valence-corrected chi connectivity index (χ4v) is 2.55. The summed E-state index contributed by atoms with van der Waals surface area (Å²) in [5.74, 6) is 0.544. The van der Waals surface area contributed by atoms with Crippen molar-refractivity contribution in [1.29, 1.82) is 0 Å². The highest BCUT2D eigenvalue weighted by Crippen LogP contribution is 2.16. The van der Waals surface area contributed by atoms with Gasteiger partial charge in [-0.25, -0.2) is 9.48 Å². The van der Waals surface area contributed by atoms with Gasteiger partial charge in [0.25, 0.3) is 0 Å². The van der Waals surface area contributed by atoms with Crippen LogP contribution < -0.4 is 11.0 Å². The zero-order valence-corrected chi connectivity index (χ0v) is 13.6. The average molecular weight is 349 g/mol. The number of hydrogen-bond donors (Lipinski definition) is 2. The number of aromatic nitrogens is 3. The molecule has 0 amide bonds. The predicted octanol–water partition coefficient (Wildman–Crippen LogP) is 3.54. The lowest BCUT2D eigenvalue weighted by Gasteiger charge is -2.04. The average Bonchev–Trinajstić information content (AvgIpc) is 2.88. The molecule has 0 aliphatic rings. The standard InChI is InChI=1S/C16H14Cl2N4O/c17-12-5-3-6-13(8-12)19-9-15-20-16(23)22(21-15)10-11-4-1-2-7-14(11)18/h1-8,19H,9-10H2,(H,20,21,23). The highest BCUT2D eigenvalue weighted by molar-refractivity contribution is 6.31. The molecule has 3 aromatic rings. The number of H-pyrrole nitrogens is 1. The number of nitrogens with one attached hydrogen (secondary N) is 2. The second kappa shape index (κ2) is 6.89. The molecule has 2 aromatic carbocycles. The van der Waals surface area contributed by atoms with Crippen molar-refractivity contribution >= 4 is 28.9 Å². The quantitative estimate of drug-likeness (QED) is 0.741. The van der Waals surface area contributed by atoms with Gasteiger partial charge in [0.1, 0.15) is 5.82 Å². The van der Waals surface area contributed by atoms with E-state index in [1.54, 1.807) is 18.2 Å². The van der Waals surface area contributed by atoms with Crippen molar-refractivity contribution in [2.45, 2.75) is 13.1 Å². The van der Waals surface area contributed by atoms with Crippen molar-refractivity contribution in [2.24, 2.45) is 0 Å². The second-order valence-corrected chi connectivity index (χ2v) is 5.83. The molecular weight excluding hydrogens is 335 g/mol. The molecule has 3 rings (SSSR count). The molecule has 0 aliphatic carbocycles. The largest absolute Gasteiger partial charge is 0.378 e. The fraction of sp³-hybridized carbons (Fsp3) is 0.125. The number of rotatable bonds is 5. The van der Waals surface area contributed by atoms with Crippen molar-refractivity contribution in [3.63, 3.8) is 0 Å². The van der Waals surface area contributed by atoms with E-state index in [2.05, 4.69) is 15.4 Å². The van der Waals surface area contributed by atoms with Gasteiger partial charge in [-0.15, -0.1) is 0 Å². The maximum Gasteiger partial charge on any atom is 0.343 e. The van der Waals surface area contributed by atoms with Gasteiger partial charge in [-0.1, -0.05) is 47.5 Å². The first kappa shape index (κ1) is 15.6. The molecular formula is C16H14Cl2N4O. The zero-order valence-electron chi connectivity index (χ0n) is 12.1. The van der Waals surface area contributed by atoms with Crippen molar-refractivity contribution < 1.29 is 0 Å². The molecule has 118 valence electrons. The van der Waals surface area contributed by atoms with Gasteiger partial charge in [0, 0.05) is 15.7 Å². The summed E-state index contributed by atoms with van der Waals surface area (Å²) in [6.45, 7) is 0.720. The minimum atomic E-state index is -0.271. The maximum atomic E-state index is 12.0. The number of nitrogens with zero attached hydrogens (tertiary/aromatic N) is 2. The van der Waals surface area contributed by atoms with Crippen LogP contribution in [0.4, 0.5) is 5.69 Å². The van der Waals surface area contributed by atoms with Crippen LogP contribution in [0.5, 0.6) is 0 Å². The number of hydrogen-bond acceptors (Lipinski definition) is 3. The summed E-state index contributed by atoms with van der Waals surface area (Å²) >= 11 is 12.0. The van der Waals surface area contributed by atoms with Crippen LogP contribution in [0, 0.1) is 0 Å². The molecule has 0 unspecified atom stereocenters. The lowest BCUT2D eigenvalue weighted by molar-refractivity contribution is 0.651. The molecule has 5 nitrogen and oxygen atoms in total. The molecule has 0 atom stereocenters. The van der Waals surface area contributed by atoms with E-state index in [4.69, 9.17) is 23.2 Å². The van der Waals surface area contributed by atoms with E-state index in [1.165, 1.54) is 4.68 Å². The summed E-state index contributed by atoms with van der Waals surface area (Å²) in [6.07, 6.45) is 0. The Morgan fingerprint density at radius 3 is 2.74 bits per heavy atom. The summed E-state index contributed by atoms with van der Waals surface area (Å²) in [6, 6.07) is 14.7. The smallest absolute Gasteiger partial charge is 0.343 e. The van der Waals surface area contributed by atoms with Crippen LogP contribution in [0.25, 0.3) is 0 Å². The third-order valence-corrected chi connectivity index (χ3v) is 3.89. The maximum absolute atomic E-state index is 12.0. The molecule has 0 fully saturated rings. The predicted molar refractivity (Wildman–Crippen MR) is 92.2 cm³/mol. The van der Waals surface area contributed by atoms with Gasteiger partial charge in [-0.05, 0) is 29.8 Å². The lowest BCUT2D eigenvalue weighted by atomic mass is 10.2. The minimum Gasteiger partial charge on any atom is -0.378 e. The highest BCUT2D eigenvalue weighted by Gasteiger charge is 2.07. The van der Waals surface area contributed by atoms with Crippen LogP contribution in [0.3, 0.4) is 0 Å². The van der Waals surface area contributed by atoms with Crippen LogP contribution in [0.1, 0.15) is 11.4 Å². The molecule has 0 spiro atoms. The first-order valence-electron chi connectivity index (χ1n) is 7.00. The van der Waals surface area contributed by atoms with Gasteiger partial charge >= 0.3 is 5.69 Å². The summed E-state index contributed by atoms with van der Waals surface area (Å²) < 4.78 is 1.36. The van der Waals surface area contributed by atoms with Crippen molar-refractivity contribution in [1.82, 2.24) is 14.8 Å². The van der Waals surface area contributed by atoms with E-state index in [1.807, 2.05) is 30.3 Å². The Morgan fingerprint density at radius 2 is 1.96 bits per heavy atom. The third kappa shape index (κ3) is 3.94. The van der Waals surface area contributed by atoms with Crippen molar-refractivity contribution in [3.05, 3.63) is 80.4 Å². The van der Waals surface area contributed by atoms with Crippen LogP contribution in [0.2, 0.25) is 10.0 Å². The molecule has 0 bridgehead atoms. The van der Waals surface area contributed by atoms with Gasteiger partial charge < -0.3 is 5.32 Å². The van der Waals surface area contributed by atoms with E-state index in [0.717, 1.165) is 11.3 Å². The molecule has 7 heteroatoms. The molecule has 23 heavy (non-hydrogen) atoms. The number of aromatic amines is 1. The minimum absolute atomic E-state index is 0.271. The van der Waals surface area contributed by atoms with Gasteiger partial charge in [0.15, 0.2) is 0 Å². The van der Waals surface area contributed by atoms with Crippen LogP contribution in [0.15, 0.2) is 53.3 Å². The molecule has 1 aromatic heterocycles. The van der Waals surface area contributed by atoms with Gasteiger partial charge in [0.05, 0.1) is 13.1 Å². The Balaban J connectivity index is 1.71. The number of halogens is 2. The van der Waals surface area contributed by atoms with E-state index in [9.17, 15) is 4.79 Å². The Bertz CT molecular complexity index is 872. The zero-order chi connectivity index (χ0) is 16.2. The van der Waals surface area contributed by atoms with Gasteiger partial charge in [0.2, 0.25) is 0 Å². The first-order valence-corrected chi connectivity index (χ1v) is 7.76. The van der Waals surface area contributed by atoms with Crippen LogP contribution in [-0.2, 0) is 13.1 Å².